The number of carbonyl (C=O) groups excluding carboxylic acids is 2. The first kappa shape index (κ1) is 22.3. The summed E-state index contributed by atoms with van der Waals surface area (Å²) in [6.07, 6.45) is -6.35. The highest BCUT2D eigenvalue weighted by atomic mass is 19.4. The molecule has 0 spiro atoms. The van der Waals surface area contributed by atoms with Gasteiger partial charge in [0.05, 0.1) is 6.61 Å². The van der Waals surface area contributed by atoms with Crippen LogP contribution in [0.15, 0.2) is 42.0 Å². The van der Waals surface area contributed by atoms with Gasteiger partial charge in [-0.15, -0.1) is 0 Å². The number of cyclic esters (lactones) is 1. The molecule has 10 heteroatoms. The maximum Gasteiger partial charge on any atom is 0.432 e. The molecule has 0 bridgehead atoms. The van der Waals surface area contributed by atoms with Gasteiger partial charge in [-0.05, 0) is 13.8 Å². The summed E-state index contributed by atoms with van der Waals surface area (Å²) in [6, 6.07) is 6.44. The lowest BCUT2D eigenvalue weighted by Gasteiger charge is -2.34. The van der Waals surface area contributed by atoms with Crippen LogP contribution in [0.25, 0.3) is 0 Å². The van der Waals surface area contributed by atoms with E-state index in [1.807, 2.05) is 0 Å². The zero-order chi connectivity index (χ0) is 22.2. The van der Waals surface area contributed by atoms with E-state index in [9.17, 15) is 22.8 Å². The minimum atomic E-state index is -5.13. The third-order valence-corrected chi connectivity index (χ3v) is 4.83. The summed E-state index contributed by atoms with van der Waals surface area (Å²) in [4.78, 5) is 24.5. The first-order chi connectivity index (χ1) is 14.0. The Morgan fingerprint density at radius 3 is 2.37 bits per heavy atom. The van der Waals surface area contributed by atoms with Gasteiger partial charge in [0.1, 0.15) is 12.7 Å². The van der Waals surface area contributed by atoms with Gasteiger partial charge in [0, 0.05) is 24.3 Å². The molecule has 3 rings (SSSR count). The van der Waals surface area contributed by atoms with Crippen LogP contribution in [0.1, 0.15) is 19.4 Å². The summed E-state index contributed by atoms with van der Waals surface area (Å²) in [7, 11) is 0.774. The summed E-state index contributed by atoms with van der Waals surface area (Å²) in [6.45, 7) is 2.91. The van der Waals surface area contributed by atoms with Gasteiger partial charge < -0.3 is 23.7 Å². The van der Waals surface area contributed by atoms with Crippen molar-refractivity contribution in [3.05, 3.63) is 47.5 Å². The maximum atomic E-state index is 14.1. The van der Waals surface area contributed by atoms with Crippen molar-refractivity contribution in [3.63, 3.8) is 0 Å². The van der Waals surface area contributed by atoms with Crippen LogP contribution in [-0.2, 0) is 38.9 Å². The second kappa shape index (κ2) is 8.01. The molecule has 30 heavy (non-hydrogen) atoms. The Hall–Kier alpha value is -2.43. The first-order valence-electron chi connectivity index (χ1n) is 9.07. The van der Waals surface area contributed by atoms with E-state index in [-0.39, 0.29) is 18.8 Å². The summed E-state index contributed by atoms with van der Waals surface area (Å²) >= 11 is 0. The number of esters is 2. The lowest BCUT2D eigenvalue weighted by molar-refractivity contribution is -0.279. The highest BCUT2D eigenvalue weighted by Gasteiger charge is 2.64. The molecule has 1 saturated heterocycles. The molecule has 0 amide bonds. The third kappa shape index (κ3) is 4.07. The number of rotatable bonds is 6. The molecule has 0 unspecified atom stereocenters. The van der Waals surface area contributed by atoms with Crippen molar-refractivity contribution in [1.82, 2.24) is 0 Å². The Kier molecular flexibility index (Phi) is 5.94. The molecule has 164 valence electrons. The summed E-state index contributed by atoms with van der Waals surface area (Å²) in [5.41, 5.74) is -3.65. The molecule has 1 aromatic rings. The Labute approximate surface area is 170 Å². The van der Waals surface area contributed by atoms with Crippen molar-refractivity contribution in [1.29, 1.82) is 0 Å². The van der Waals surface area contributed by atoms with Gasteiger partial charge >= 0.3 is 18.1 Å². The second-order valence-corrected chi connectivity index (χ2v) is 7.27. The van der Waals surface area contributed by atoms with Crippen molar-refractivity contribution in [2.24, 2.45) is 0 Å². The van der Waals surface area contributed by atoms with E-state index in [4.69, 9.17) is 23.7 Å². The number of ether oxygens (including phenoxy) is 5. The smallest absolute Gasteiger partial charge is 0.432 e. The summed E-state index contributed by atoms with van der Waals surface area (Å²) < 4.78 is 68.4. The standard InChI is InChI=1S/C20H21F3O7/c1-18(2)28-11-14(30-18)16(12-9-15(24)27-10-12)29-17(25)19(26-3,20(21,22)23)13-7-5-4-6-8-13/h4-9,14,16H,10-11H2,1-3H3/t14-,16-,19+/m1/s1. The average Bonchev–Trinajstić information content (AvgIpc) is 3.25. The molecule has 7 nitrogen and oxygen atoms in total. The number of methoxy groups -OCH3 is 1. The topological polar surface area (TPSA) is 80.3 Å². The third-order valence-electron chi connectivity index (χ3n) is 4.83. The van der Waals surface area contributed by atoms with E-state index in [0.717, 1.165) is 25.3 Å². The van der Waals surface area contributed by atoms with Crippen LogP contribution in [0.2, 0.25) is 0 Å². The molecule has 0 saturated carbocycles. The van der Waals surface area contributed by atoms with Crippen molar-refractivity contribution >= 4 is 11.9 Å². The van der Waals surface area contributed by atoms with Crippen LogP contribution < -0.4 is 0 Å². The lowest BCUT2D eigenvalue weighted by Crippen LogP contribution is -2.53. The molecule has 0 radical (unpaired) electrons. The Morgan fingerprint density at radius 2 is 1.90 bits per heavy atom. The van der Waals surface area contributed by atoms with Crippen molar-refractivity contribution < 1.29 is 46.4 Å². The molecule has 2 heterocycles. The van der Waals surface area contributed by atoms with Crippen molar-refractivity contribution in [3.8, 4) is 0 Å². The molecule has 1 fully saturated rings. The van der Waals surface area contributed by atoms with Crippen LogP contribution in [-0.4, -0.2) is 56.4 Å². The number of carbonyl (C=O) groups is 2. The van der Waals surface area contributed by atoms with E-state index >= 15 is 0 Å². The number of hydrogen-bond donors (Lipinski definition) is 0. The minimum Gasteiger partial charge on any atom is -0.458 e. The van der Waals surface area contributed by atoms with Gasteiger partial charge in [0.15, 0.2) is 11.9 Å². The Balaban J connectivity index is 1.99. The van der Waals surface area contributed by atoms with Crippen LogP contribution in [0.3, 0.4) is 0 Å². The molecule has 2 aliphatic heterocycles. The summed E-state index contributed by atoms with van der Waals surface area (Å²) in [5, 5.41) is 0. The first-order valence-corrected chi connectivity index (χ1v) is 9.07. The summed E-state index contributed by atoms with van der Waals surface area (Å²) in [5.74, 6) is -3.43. The van der Waals surface area contributed by atoms with Gasteiger partial charge in [0.25, 0.3) is 5.60 Å². The number of benzene rings is 1. The molecular formula is C20H21F3O7. The van der Waals surface area contributed by atoms with E-state index in [1.54, 1.807) is 13.8 Å². The van der Waals surface area contributed by atoms with Crippen LogP contribution in [0, 0.1) is 0 Å². The molecule has 0 aromatic heterocycles. The van der Waals surface area contributed by atoms with Gasteiger partial charge in [-0.2, -0.15) is 13.2 Å². The van der Waals surface area contributed by atoms with Gasteiger partial charge in [-0.25, -0.2) is 9.59 Å². The number of halogens is 3. The number of alkyl halides is 3. The normalized spacial score (nSPS) is 24.0. The Morgan fingerprint density at radius 1 is 1.23 bits per heavy atom. The zero-order valence-corrected chi connectivity index (χ0v) is 16.5. The van der Waals surface area contributed by atoms with Gasteiger partial charge in [-0.1, -0.05) is 30.3 Å². The van der Waals surface area contributed by atoms with Crippen LogP contribution in [0.4, 0.5) is 13.2 Å². The quantitative estimate of drug-likeness (QED) is 0.642. The SMILES string of the molecule is CO[C@](C(=O)O[C@H](C1=CC(=O)OC1)[C@H]1COC(C)(C)O1)(c1ccccc1)C(F)(F)F. The van der Waals surface area contributed by atoms with Crippen LogP contribution in [0.5, 0.6) is 0 Å². The van der Waals surface area contributed by atoms with E-state index < -0.39 is 47.3 Å². The van der Waals surface area contributed by atoms with Gasteiger partial charge in [0.2, 0.25) is 0 Å². The fourth-order valence-electron chi connectivity index (χ4n) is 3.39. The number of hydrogen-bond acceptors (Lipinski definition) is 7. The van der Waals surface area contributed by atoms with Gasteiger partial charge in [-0.3, -0.25) is 0 Å². The molecular weight excluding hydrogens is 409 g/mol. The molecule has 3 atom stereocenters. The minimum absolute atomic E-state index is 0.0617. The monoisotopic (exact) mass is 430 g/mol. The second-order valence-electron chi connectivity index (χ2n) is 7.27. The molecule has 1 aromatic carbocycles. The maximum absolute atomic E-state index is 14.1. The molecule has 0 aliphatic carbocycles. The van der Waals surface area contributed by atoms with E-state index in [2.05, 4.69) is 0 Å². The van der Waals surface area contributed by atoms with Crippen molar-refractivity contribution in [2.75, 3.05) is 20.3 Å². The largest absolute Gasteiger partial charge is 0.458 e. The highest BCUT2D eigenvalue weighted by molar-refractivity contribution is 5.86. The van der Waals surface area contributed by atoms with E-state index in [0.29, 0.717) is 0 Å². The average molecular weight is 430 g/mol. The highest BCUT2D eigenvalue weighted by Crippen LogP contribution is 2.44. The zero-order valence-electron chi connectivity index (χ0n) is 16.5. The predicted molar refractivity (Wildman–Crippen MR) is 95.0 cm³/mol. The fraction of sp³-hybridized carbons (Fsp3) is 0.500. The molecule has 2 aliphatic rings. The van der Waals surface area contributed by atoms with E-state index in [1.165, 1.54) is 18.2 Å². The predicted octanol–water partition coefficient (Wildman–Crippen LogP) is 2.64. The fourth-order valence-corrected chi connectivity index (χ4v) is 3.39. The molecule has 0 N–H and O–H groups in total. The van der Waals surface area contributed by atoms with Crippen LogP contribution >= 0.6 is 0 Å². The van der Waals surface area contributed by atoms with Crippen molar-refractivity contribution in [2.45, 2.75) is 43.6 Å². The lowest BCUT2D eigenvalue weighted by atomic mass is 9.92. The Bertz CT molecular complexity index is 835.